The molecule has 1 amide bonds. The maximum absolute atomic E-state index is 11.6. The molecule has 8 heteroatoms. The molecule has 4 nitrogen and oxygen atoms in total. The van der Waals surface area contributed by atoms with Crippen LogP contribution in [0.25, 0.3) is 0 Å². The Labute approximate surface area is 77.6 Å². The lowest BCUT2D eigenvalue weighted by Crippen LogP contribution is -2.44. The number of rotatable bonds is 2. The number of carbonyl (C=O) groups is 1. The van der Waals surface area contributed by atoms with E-state index in [9.17, 15) is 18.0 Å². The van der Waals surface area contributed by atoms with Gasteiger partial charge in [-0.3, -0.25) is 15.6 Å². The summed E-state index contributed by atoms with van der Waals surface area (Å²) in [7, 11) is 0. The molecule has 0 aromatic heterocycles. The van der Waals surface area contributed by atoms with Crippen molar-refractivity contribution in [2.45, 2.75) is 19.0 Å². The van der Waals surface area contributed by atoms with Crippen molar-refractivity contribution >= 4 is 23.2 Å². The highest BCUT2D eigenvalue weighted by Gasteiger charge is 2.27. The van der Waals surface area contributed by atoms with E-state index in [4.69, 9.17) is 5.73 Å². The third-order valence-electron chi connectivity index (χ3n) is 0.961. The van der Waals surface area contributed by atoms with E-state index in [2.05, 4.69) is 12.2 Å². The monoisotopic (exact) mass is 215 g/mol. The van der Waals surface area contributed by atoms with Crippen LogP contribution in [0.3, 0.4) is 0 Å². The third-order valence-corrected chi connectivity index (χ3v) is 1.06. The van der Waals surface area contributed by atoms with Crippen molar-refractivity contribution in [1.29, 1.82) is 0 Å². The summed E-state index contributed by atoms with van der Waals surface area (Å²) in [5.74, 6) is -0.815. The number of alkyl halides is 3. The van der Waals surface area contributed by atoms with E-state index in [1.54, 1.807) is 0 Å². The molecule has 13 heavy (non-hydrogen) atoms. The smallest absolute Gasteiger partial charge is 0.375 e. The molecule has 0 atom stereocenters. The number of halogens is 3. The van der Waals surface area contributed by atoms with Crippen molar-refractivity contribution in [3.8, 4) is 0 Å². The van der Waals surface area contributed by atoms with Crippen LogP contribution in [0.4, 0.5) is 13.2 Å². The summed E-state index contributed by atoms with van der Waals surface area (Å²) in [6.45, 7) is 0. The van der Waals surface area contributed by atoms with Gasteiger partial charge in [0.15, 0.2) is 5.11 Å². The van der Waals surface area contributed by atoms with Gasteiger partial charge < -0.3 is 5.73 Å². The molecular weight excluding hydrogens is 207 g/mol. The Morgan fingerprint density at radius 1 is 1.38 bits per heavy atom. The molecule has 76 valence electrons. The van der Waals surface area contributed by atoms with Crippen LogP contribution in [-0.2, 0) is 4.79 Å². The van der Waals surface area contributed by atoms with E-state index in [0.29, 0.717) is 0 Å². The third kappa shape index (κ3) is 8.86. The minimum absolute atomic E-state index is 0.208. The Kier molecular flexibility index (Phi) is 4.46. The molecule has 0 saturated carbocycles. The molecule has 0 spiro atoms. The summed E-state index contributed by atoms with van der Waals surface area (Å²) in [5, 5.41) is -0.208. The van der Waals surface area contributed by atoms with Gasteiger partial charge in [0.1, 0.15) is 0 Å². The number of nitrogens with two attached hydrogens (primary N) is 1. The molecular formula is C5H8F3N3OS. The molecule has 0 aliphatic carbocycles. The van der Waals surface area contributed by atoms with E-state index in [-0.39, 0.29) is 5.11 Å². The van der Waals surface area contributed by atoms with Crippen molar-refractivity contribution in [2.75, 3.05) is 0 Å². The Morgan fingerprint density at radius 2 is 1.92 bits per heavy atom. The maximum atomic E-state index is 11.6. The fraction of sp³-hybridized carbons (Fsp3) is 0.600. The lowest BCUT2D eigenvalue weighted by molar-refractivity contribution is -0.144. The summed E-state index contributed by atoms with van der Waals surface area (Å²) >= 11 is 4.30. The molecule has 0 bridgehead atoms. The lowest BCUT2D eigenvalue weighted by atomic mass is 10.3. The number of hydrogen-bond donors (Lipinski definition) is 3. The van der Waals surface area contributed by atoms with Crippen molar-refractivity contribution in [1.82, 2.24) is 10.9 Å². The number of hydrogen-bond acceptors (Lipinski definition) is 2. The first-order valence-corrected chi connectivity index (χ1v) is 3.63. The highest BCUT2D eigenvalue weighted by molar-refractivity contribution is 7.80. The fourth-order valence-corrected chi connectivity index (χ4v) is 0.500. The van der Waals surface area contributed by atoms with Gasteiger partial charge in [-0.15, -0.1) is 0 Å². The van der Waals surface area contributed by atoms with Gasteiger partial charge in [-0.25, -0.2) is 0 Å². The Hall–Kier alpha value is -1.05. The van der Waals surface area contributed by atoms with Crippen LogP contribution >= 0.6 is 12.2 Å². The first-order chi connectivity index (χ1) is 5.81. The van der Waals surface area contributed by atoms with Crippen LogP contribution in [-0.4, -0.2) is 17.2 Å². The summed E-state index contributed by atoms with van der Waals surface area (Å²) < 4.78 is 34.7. The minimum Gasteiger partial charge on any atom is -0.375 e. The van der Waals surface area contributed by atoms with Crippen LogP contribution < -0.4 is 16.6 Å². The van der Waals surface area contributed by atoms with Crippen molar-refractivity contribution in [3.63, 3.8) is 0 Å². The zero-order chi connectivity index (χ0) is 10.5. The van der Waals surface area contributed by atoms with Gasteiger partial charge in [-0.05, 0) is 12.2 Å². The van der Waals surface area contributed by atoms with Gasteiger partial charge in [-0.2, -0.15) is 13.2 Å². The van der Waals surface area contributed by atoms with E-state index < -0.39 is 24.9 Å². The quantitative estimate of drug-likeness (QED) is 0.454. The van der Waals surface area contributed by atoms with Gasteiger partial charge >= 0.3 is 6.18 Å². The van der Waals surface area contributed by atoms with E-state index in [1.807, 2.05) is 10.9 Å². The molecule has 0 rings (SSSR count). The molecule has 0 aliphatic heterocycles. The van der Waals surface area contributed by atoms with Crippen LogP contribution in [0.1, 0.15) is 12.8 Å². The van der Waals surface area contributed by atoms with E-state index >= 15 is 0 Å². The minimum atomic E-state index is -4.33. The van der Waals surface area contributed by atoms with Crippen molar-refractivity contribution < 1.29 is 18.0 Å². The molecule has 0 fully saturated rings. The predicted molar refractivity (Wildman–Crippen MR) is 43.4 cm³/mol. The molecule has 4 N–H and O–H groups in total. The predicted octanol–water partition coefficient (Wildman–Crippen LogP) is 0.193. The number of hydrazine groups is 1. The highest BCUT2D eigenvalue weighted by atomic mass is 32.1. The average Bonchev–Trinajstić information content (AvgIpc) is 1.95. The van der Waals surface area contributed by atoms with Crippen LogP contribution in [0, 0.1) is 0 Å². The number of amides is 1. The normalized spacial score (nSPS) is 10.7. The summed E-state index contributed by atoms with van der Waals surface area (Å²) in [5.41, 5.74) is 8.83. The summed E-state index contributed by atoms with van der Waals surface area (Å²) in [6, 6.07) is 0. The second-order valence-electron chi connectivity index (χ2n) is 2.15. The molecule has 0 unspecified atom stereocenters. The molecule has 0 aliphatic rings. The van der Waals surface area contributed by atoms with Gasteiger partial charge in [0, 0.05) is 6.42 Å². The number of thiocarbonyl (C=S) groups is 1. The standard InChI is InChI=1S/C5H8F3N3OS/c6-5(7,8)2-1-3(12)10-11-4(9)13/h1-2H2,(H,10,12)(H3,9,11,13). The van der Waals surface area contributed by atoms with Crippen LogP contribution in [0.2, 0.25) is 0 Å². The molecule has 0 aromatic rings. The second kappa shape index (κ2) is 4.85. The second-order valence-corrected chi connectivity index (χ2v) is 2.59. The van der Waals surface area contributed by atoms with Crippen molar-refractivity contribution in [3.05, 3.63) is 0 Å². The lowest BCUT2D eigenvalue weighted by Gasteiger charge is -2.07. The zero-order valence-electron chi connectivity index (χ0n) is 6.44. The van der Waals surface area contributed by atoms with E-state index in [0.717, 1.165) is 0 Å². The topological polar surface area (TPSA) is 67.2 Å². The molecule has 0 aromatic carbocycles. The van der Waals surface area contributed by atoms with Crippen LogP contribution in [0.15, 0.2) is 0 Å². The summed E-state index contributed by atoms with van der Waals surface area (Å²) in [6.07, 6.45) is -6.16. The Bertz CT molecular complexity index is 206. The van der Waals surface area contributed by atoms with E-state index in [1.165, 1.54) is 0 Å². The first kappa shape index (κ1) is 11.9. The summed E-state index contributed by atoms with van der Waals surface area (Å²) in [4.78, 5) is 10.6. The van der Waals surface area contributed by atoms with Gasteiger partial charge in [0.2, 0.25) is 5.91 Å². The van der Waals surface area contributed by atoms with Gasteiger partial charge in [0.05, 0.1) is 6.42 Å². The highest BCUT2D eigenvalue weighted by Crippen LogP contribution is 2.20. The van der Waals surface area contributed by atoms with Gasteiger partial charge in [-0.1, -0.05) is 0 Å². The maximum Gasteiger partial charge on any atom is 0.389 e. The fourth-order valence-electron chi connectivity index (χ4n) is 0.449. The molecule has 0 heterocycles. The first-order valence-electron chi connectivity index (χ1n) is 3.22. The molecule has 0 saturated heterocycles. The Balaban J connectivity index is 3.58. The largest absolute Gasteiger partial charge is 0.389 e. The van der Waals surface area contributed by atoms with Crippen molar-refractivity contribution in [2.24, 2.45) is 5.73 Å². The average molecular weight is 215 g/mol. The molecule has 0 radical (unpaired) electrons. The number of carbonyl (C=O) groups excluding carboxylic acids is 1. The zero-order valence-corrected chi connectivity index (χ0v) is 7.26. The number of nitrogens with one attached hydrogen (secondary N) is 2. The SMILES string of the molecule is NC(=S)NNC(=O)CCC(F)(F)F. The van der Waals surface area contributed by atoms with Crippen LogP contribution in [0.5, 0.6) is 0 Å². The Morgan fingerprint density at radius 3 is 2.31 bits per heavy atom. The van der Waals surface area contributed by atoms with Gasteiger partial charge in [0.25, 0.3) is 0 Å².